The molecule has 0 atom stereocenters. The lowest BCUT2D eigenvalue weighted by molar-refractivity contribution is 1.08. The predicted octanol–water partition coefficient (Wildman–Crippen LogP) is 3.88. The van der Waals surface area contributed by atoms with E-state index in [9.17, 15) is 0 Å². The number of nitrogens with one attached hydrogen (secondary N) is 2. The quantitative estimate of drug-likeness (QED) is 0.748. The predicted molar refractivity (Wildman–Crippen MR) is 88.3 cm³/mol. The molecule has 0 fully saturated rings. The first-order valence-electron chi connectivity index (χ1n) is 6.78. The highest BCUT2D eigenvalue weighted by molar-refractivity contribution is 6.30. The fraction of sp³-hybridized carbons (Fsp3) is 0.0625. The number of hydrogen-bond donors (Lipinski definition) is 2. The minimum atomic E-state index is 0.516. The van der Waals surface area contributed by atoms with Crippen LogP contribution >= 0.6 is 11.6 Å². The maximum absolute atomic E-state index is 5.96. The number of nitrogens with zero attached hydrogens (tertiary/aromatic N) is 3. The number of anilines is 3. The highest BCUT2D eigenvalue weighted by Gasteiger charge is 2.01. The third-order valence-corrected chi connectivity index (χ3v) is 3.19. The number of pyridine rings is 1. The van der Waals surface area contributed by atoms with Crippen LogP contribution in [0.25, 0.3) is 0 Å². The van der Waals surface area contributed by atoms with Gasteiger partial charge in [0.15, 0.2) is 0 Å². The maximum atomic E-state index is 5.96. The van der Waals surface area contributed by atoms with Crippen LogP contribution in [0, 0.1) is 0 Å². The first kappa shape index (κ1) is 14.3. The lowest BCUT2D eigenvalue weighted by Crippen LogP contribution is -2.04. The number of benzene rings is 1. The van der Waals surface area contributed by atoms with Crippen LogP contribution in [0.2, 0.25) is 5.02 Å². The number of halogens is 1. The van der Waals surface area contributed by atoms with Gasteiger partial charge in [-0.3, -0.25) is 4.98 Å². The zero-order valence-electron chi connectivity index (χ0n) is 11.7. The summed E-state index contributed by atoms with van der Waals surface area (Å²) in [4.78, 5) is 12.6. The van der Waals surface area contributed by atoms with Crippen LogP contribution in [0.3, 0.4) is 0 Å². The highest BCUT2D eigenvalue weighted by atomic mass is 35.5. The molecule has 3 aromatic rings. The average Bonchev–Trinajstić information content (AvgIpc) is 2.54. The Hall–Kier alpha value is -2.66. The van der Waals surface area contributed by atoms with Gasteiger partial charge < -0.3 is 10.6 Å². The van der Waals surface area contributed by atoms with E-state index in [1.807, 2.05) is 42.5 Å². The van der Waals surface area contributed by atoms with E-state index in [0.29, 0.717) is 17.5 Å². The molecule has 0 spiro atoms. The molecule has 0 amide bonds. The Morgan fingerprint density at radius 1 is 1.00 bits per heavy atom. The highest BCUT2D eigenvalue weighted by Crippen LogP contribution is 2.18. The van der Waals surface area contributed by atoms with Gasteiger partial charge in [-0.25, -0.2) is 4.98 Å². The van der Waals surface area contributed by atoms with E-state index in [1.165, 1.54) is 0 Å². The normalized spacial score (nSPS) is 10.2. The fourth-order valence-electron chi connectivity index (χ4n) is 1.91. The molecular weight excluding hydrogens is 298 g/mol. The molecule has 0 radical (unpaired) electrons. The SMILES string of the molecule is Clc1cccc(Nc2nccc(NCc3ccncc3)n2)c1. The third kappa shape index (κ3) is 3.93. The summed E-state index contributed by atoms with van der Waals surface area (Å²) in [5.74, 6) is 1.26. The average molecular weight is 312 g/mol. The summed E-state index contributed by atoms with van der Waals surface area (Å²) < 4.78 is 0. The Morgan fingerprint density at radius 3 is 2.68 bits per heavy atom. The molecule has 2 N–H and O–H groups in total. The molecule has 110 valence electrons. The van der Waals surface area contributed by atoms with Gasteiger partial charge in [-0.1, -0.05) is 17.7 Å². The van der Waals surface area contributed by atoms with Crippen molar-refractivity contribution in [3.8, 4) is 0 Å². The van der Waals surface area contributed by atoms with E-state index in [0.717, 1.165) is 17.1 Å². The number of aromatic nitrogens is 3. The summed E-state index contributed by atoms with van der Waals surface area (Å²) in [5.41, 5.74) is 1.98. The molecule has 0 saturated heterocycles. The Kier molecular flexibility index (Phi) is 4.46. The van der Waals surface area contributed by atoms with Crippen molar-refractivity contribution in [3.05, 3.63) is 71.6 Å². The first-order valence-corrected chi connectivity index (χ1v) is 7.16. The smallest absolute Gasteiger partial charge is 0.229 e. The molecule has 6 heteroatoms. The lowest BCUT2D eigenvalue weighted by Gasteiger charge is -2.08. The van der Waals surface area contributed by atoms with Gasteiger partial charge in [0.1, 0.15) is 5.82 Å². The second-order valence-corrected chi connectivity index (χ2v) is 5.05. The molecule has 2 aromatic heterocycles. The Morgan fingerprint density at radius 2 is 1.86 bits per heavy atom. The molecule has 0 saturated carbocycles. The zero-order valence-corrected chi connectivity index (χ0v) is 12.5. The Balaban J connectivity index is 1.67. The van der Waals surface area contributed by atoms with Crippen LogP contribution in [0.1, 0.15) is 5.56 Å². The van der Waals surface area contributed by atoms with Crippen LogP contribution in [0.4, 0.5) is 17.5 Å². The number of hydrogen-bond acceptors (Lipinski definition) is 5. The minimum absolute atomic E-state index is 0.516. The van der Waals surface area contributed by atoms with E-state index in [2.05, 4.69) is 25.6 Å². The second-order valence-electron chi connectivity index (χ2n) is 4.61. The minimum Gasteiger partial charge on any atom is -0.366 e. The van der Waals surface area contributed by atoms with Gasteiger partial charge in [-0.05, 0) is 42.0 Å². The van der Waals surface area contributed by atoms with Gasteiger partial charge in [0, 0.05) is 35.8 Å². The van der Waals surface area contributed by atoms with Crippen LogP contribution in [-0.4, -0.2) is 15.0 Å². The van der Waals surface area contributed by atoms with Crippen molar-refractivity contribution >= 4 is 29.1 Å². The maximum Gasteiger partial charge on any atom is 0.229 e. The van der Waals surface area contributed by atoms with Gasteiger partial charge in [-0.15, -0.1) is 0 Å². The van der Waals surface area contributed by atoms with Crippen molar-refractivity contribution in [2.75, 3.05) is 10.6 Å². The van der Waals surface area contributed by atoms with Crippen molar-refractivity contribution in [1.29, 1.82) is 0 Å². The van der Waals surface area contributed by atoms with Gasteiger partial charge in [-0.2, -0.15) is 4.98 Å². The summed E-state index contributed by atoms with van der Waals surface area (Å²) in [6, 6.07) is 13.2. The molecule has 0 aliphatic heterocycles. The topological polar surface area (TPSA) is 62.7 Å². The van der Waals surface area contributed by atoms with Crippen LogP contribution < -0.4 is 10.6 Å². The fourth-order valence-corrected chi connectivity index (χ4v) is 2.10. The molecule has 0 bridgehead atoms. The lowest BCUT2D eigenvalue weighted by atomic mass is 10.3. The molecule has 0 aliphatic carbocycles. The molecule has 5 nitrogen and oxygen atoms in total. The standard InChI is InChI=1S/C16H14ClN5/c17-13-2-1-3-14(10-13)21-16-19-9-6-15(22-16)20-11-12-4-7-18-8-5-12/h1-10H,11H2,(H2,19,20,21,22). The van der Waals surface area contributed by atoms with Gasteiger partial charge in [0.05, 0.1) is 0 Å². The van der Waals surface area contributed by atoms with Crippen LogP contribution in [0.5, 0.6) is 0 Å². The molecule has 0 unspecified atom stereocenters. The Labute approximate surface area is 133 Å². The number of rotatable bonds is 5. The molecule has 1 aromatic carbocycles. The van der Waals surface area contributed by atoms with Crippen molar-refractivity contribution in [2.45, 2.75) is 6.54 Å². The summed E-state index contributed by atoms with van der Waals surface area (Å²) in [7, 11) is 0. The van der Waals surface area contributed by atoms with Crippen molar-refractivity contribution in [1.82, 2.24) is 15.0 Å². The van der Waals surface area contributed by atoms with Gasteiger partial charge in [0.25, 0.3) is 0 Å². The molecule has 22 heavy (non-hydrogen) atoms. The van der Waals surface area contributed by atoms with E-state index < -0.39 is 0 Å². The molecular formula is C16H14ClN5. The largest absolute Gasteiger partial charge is 0.366 e. The van der Waals surface area contributed by atoms with E-state index in [1.54, 1.807) is 18.6 Å². The van der Waals surface area contributed by atoms with Crippen LogP contribution in [0.15, 0.2) is 61.1 Å². The van der Waals surface area contributed by atoms with Crippen LogP contribution in [-0.2, 0) is 6.54 Å². The summed E-state index contributed by atoms with van der Waals surface area (Å²) >= 11 is 5.96. The van der Waals surface area contributed by atoms with E-state index in [4.69, 9.17) is 11.6 Å². The molecule has 0 aliphatic rings. The van der Waals surface area contributed by atoms with Crippen molar-refractivity contribution in [3.63, 3.8) is 0 Å². The van der Waals surface area contributed by atoms with Gasteiger partial charge >= 0.3 is 0 Å². The molecule has 2 heterocycles. The summed E-state index contributed by atoms with van der Waals surface area (Å²) in [6.07, 6.45) is 5.24. The first-order chi connectivity index (χ1) is 10.8. The Bertz CT molecular complexity index is 748. The van der Waals surface area contributed by atoms with Crippen molar-refractivity contribution < 1.29 is 0 Å². The second kappa shape index (κ2) is 6.87. The van der Waals surface area contributed by atoms with Crippen molar-refractivity contribution in [2.24, 2.45) is 0 Å². The third-order valence-electron chi connectivity index (χ3n) is 2.96. The van der Waals surface area contributed by atoms with Gasteiger partial charge in [0.2, 0.25) is 5.95 Å². The summed E-state index contributed by atoms with van der Waals surface area (Å²) in [5, 5.41) is 7.04. The monoisotopic (exact) mass is 311 g/mol. The van der Waals surface area contributed by atoms with E-state index >= 15 is 0 Å². The van der Waals surface area contributed by atoms with E-state index in [-0.39, 0.29) is 0 Å². The zero-order chi connectivity index (χ0) is 15.2. The molecule has 3 rings (SSSR count). The summed E-state index contributed by atoms with van der Waals surface area (Å²) in [6.45, 7) is 0.677.